The van der Waals surface area contributed by atoms with Gasteiger partial charge in [0.25, 0.3) is 0 Å². The Bertz CT molecular complexity index is 775. The molecule has 2 heterocycles. The summed E-state index contributed by atoms with van der Waals surface area (Å²) < 4.78 is 30.3. The molecular formula is C15H17N3O3S. The summed E-state index contributed by atoms with van der Waals surface area (Å²) in [4.78, 5) is 4.83. The fraction of sp³-hybridized carbons (Fsp3) is 0.467. The minimum Gasteiger partial charge on any atom is -0.381 e. The van der Waals surface area contributed by atoms with Crippen molar-refractivity contribution in [3.8, 4) is 0 Å². The van der Waals surface area contributed by atoms with Crippen LogP contribution in [0.2, 0.25) is 0 Å². The van der Waals surface area contributed by atoms with E-state index in [0.29, 0.717) is 36.8 Å². The summed E-state index contributed by atoms with van der Waals surface area (Å²) >= 11 is 0. The highest BCUT2D eigenvalue weighted by molar-refractivity contribution is 7.92. The van der Waals surface area contributed by atoms with Crippen LogP contribution in [0.1, 0.15) is 36.8 Å². The van der Waals surface area contributed by atoms with Crippen molar-refractivity contribution in [3.05, 3.63) is 42.0 Å². The van der Waals surface area contributed by atoms with Crippen molar-refractivity contribution < 1.29 is 13.2 Å². The summed E-state index contributed by atoms with van der Waals surface area (Å²) in [5, 5.41) is 7.13. The van der Waals surface area contributed by atoms with Crippen LogP contribution < -0.4 is 0 Å². The largest absolute Gasteiger partial charge is 0.381 e. The first-order valence-corrected chi connectivity index (χ1v) is 8.92. The molecule has 1 aromatic heterocycles. The van der Waals surface area contributed by atoms with Crippen LogP contribution in [-0.2, 0) is 19.3 Å². The van der Waals surface area contributed by atoms with E-state index in [4.69, 9.17) is 4.74 Å². The van der Waals surface area contributed by atoms with E-state index >= 15 is 0 Å². The molecule has 0 bridgehead atoms. The van der Waals surface area contributed by atoms with Gasteiger partial charge in [0.05, 0.1) is 11.5 Å². The topological polar surface area (TPSA) is 84.9 Å². The molecule has 2 aliphatic rings. The molecule has 0 unspecified atom stereocenters. The third-order valence-corrected chi connectivity index (χ3v) is 7.01. The Morgan fingerprint density at radius 2 is 2.00 bits per heavy atom. The zero-order valence-electron chi connectivity index (χ0n) is 12.0. The fourth-order valence-corrected chi connectivity index (χ4v) is 4.90. The summed E-state index contributed by atoms with van der Waals surface area (Å²) in [6, 6.07) is 8.55. The molecule has 7 heteroatoms. The van der Waals surface area contributed by atoms with Gasteiger partial charge >= 0.3 is 0 Å². The number of ether oxygens (including phenoxy) is 1. The number of H-pyrrole nitrogens is 1. The van der Waals surface area contributed by atoms with Crippen LogP contribution in [0.5, 0.6) is 0 Å². The summed E-state index contributed by atoms with van der Waals surface area (Å²) in [6.45, 7) is 1.33. The lowest BCUT2D eigenvalue weighted by molar-refractivity contribution is 0.193. The van der Waals surface area contributed by atoms with Gasteiger partial charge < -0.3 is 4.74 Å². The summed E-state index contributed by atoms with van der Waals surface area (Å²) in [5.41, 5.74) is 0. The lowest BCUT2D eigenvalue weighted by Gasteiger charge is -2.12. The molecule has 6 nitrogen and oxygen atoms in total. The van der Waals surface area contributed by atoms with E-state index in [-0.39, 0.29) is 5.92 Å². The predicted molar refractivity (Wildman–Crippen MR) is 79.1 cm³/mol. The van der Waals surface area contributed by atoms with Gasteiger partial charge in [-0.3, -0.25) is 5.10 Å². The first-order chi connectivity index (χ1) is 10.6. The average Bonchev–Trinajstić information content (AvgIpc) is 2.99. The monoisotopic (exact) mass is 319 g/mol. The summed E-state index contributed by atoms with van der Waals surface area (Å²) in [7, 11) is -3.47. The number of rotatable bonds is 4. The standard InChI is InChI=1S/C15H17N3O3S/c19-22(20,12-4-2-1-3-5-12)15(7-8-15)14-16-13(17-18-14)11-6-9-21-10-11/h1-5,11H,6-10H2,(H,16,17,18)/t11-/m1/s1. The van der Waals surface area contributed by atoms with E-state index in [1.807, 2.05) is 6.07 Å². The minimum atomic E-state index is -3.47. The van der Waals surface area contributed by atoms with Crippen molar-refractivity contribution in [2.24, 2.45) is 0 Å². The molecule has 1 N–H and O–H groups in total. The van der Waals surface area contributed by atoms with Crippen molar-refractivity contribution in [1.29, 1.82) is 0 Å². The van der Waals surface area contributed by atoms with Gasteiger partial charge in [0.15, 0.2) is 15.7 Å². The van der Waals surface area contributed by atoms with E-state index in [1.165, 1.54) is 0 Å². The van der Waals surface area contributed by atoms with E-state index in [0.717, 1.165) is 12.2 Å². The highest BCUT2D eigenvalue weighted by Gasteiger charge is 2.59. The quantitative estimate of drug-likeness (QED) is 0.928. The number of hydrogen-bond donors (Lipinski definition) is 1. The van der Waals surface area contributed by atoms with Crippen molar-refractivity contribution in [3.63, 3.8) is 0 Å². The average molecular weight is 319 g/mol. The highest BCUT2D eigenvalue weighted by Crippen LogP contribution is 2.54. The van der Waals surface area contributed by atoms with Gasteiger partial charge in [-0.2, -0.15) is 5.10 Å². The minimum absolute atomic E-state index is 0.191. The molecule has 116 valence electrons. The smallest absolute Gasteiger partial charge is 0.191 e. The third-order valence-electron chi connectivity index (χ3n) is 4.50. The maximum Gasteiger partial charge on any atom is 0.191 e. The second-order valence-corrected chi connectivity index (χ2v) is 8.18. The zero-order chi connectivity index (χ0) is 15.2. The lowest BCUT2D eigenvalue weighted by Crippen LogP contribution is -2.22. The molecule has 22 heavy (non-hydrogen) atoms. The van der Waals surface area contributed by atoms with Crippen molar-refractivity contribution in [2.75, 3.05) is 13.2 Å². The number of hydrogen-bond acceptors (Lipinski definition) is 5. The zero-order valence-corrected chi connectivity index (χ0v) is 12.8. The van der Waals surface area contributed by atoms with Crippen LogP contribution in [0.3, 0.4) is 0 Å². The number of sulfone groups is 1. The van der Waals surface area contributed by atoms with Crippen molar-refractivity contribution in [2.45, 2.75) is 34.8 Å². The van der Waals surface area contributed by atoms with E-state index in [9.17, 15) is 8.42 Å². The van der Waals surface area contributed by atoms with Gasteiger partial charge in [0.1, 0.15) is 10.6 Å². The second kappa shape index (κ2) is 4.89. The lowest BCUT2D eigenvalue weighted by atomic mass is 10.1. The number of nitrogens with zero attached hydrogens (tertiary/aromatic N) is 2. The molecule has 2 fully saturated rings. The molecule has 1 aromatic carbocycles. The van der Waals surface area contributed by atoms with Crippen molar-refractivity contribution in [1.82, 2.24) is 15.2 Å². The van der Waals surface area contributed by atoms with Crippen LogP contribution in [0, 0.1) is 0 Å². The Labute approximate surface area is 128 Å². The molecule has 0 amide bonds. The first-order valence-electron chi connectivity index (χ1n) is 7.44. The maximum absolute atomic E-state index is 12.9. The fourth-order valence-electron chi connectivity index (χ4n) is 2.96. The third kappa shape index (κ3) is 1.99. The first kappa shape index (κ1) is 13.9. The number of aromatic amines is 1. The van der Waals surface area contributed by atoms with E-state index in [1.54, 1.807) is 24.3 Å². The Hall–Kier alpha value is -1.73. The molecule has 0 radical (unpaired) electrons. The number of benzene rings is 1. The maximum atomic E-state index is 12.9. The van der Waals surface area contributed by atoms with Crippen molar-refractivity contribution >= 4 is 9.84 Å². The predicted octanol–water partition coefficient (Wildman–Crippen LogP) is 1.77. The summed E-state index contributed by atoms with van der Waals surface area (Å²) in [5.74, 6) is 1.33. The van der Waals surface area contributed by atoms with Gasteiger partial charge in [-0.25, -0.2) is 13.4 Å². The molecule has 1 aliphatic heterocycles. The van der Waals surface area contributed by atoms with Crippen LogP contribution in [-0.4, -0.2) is 36.8 Å². The second-order valence-electron chi connectivity index (χ2n) is 5.92. The molecule has 1 saturated heterocycles. The van der Waals surface area contributed by atoms with E-state index < -0.39 is 14.6 Å². The Balaban J connectivity index is 1.70. The van der Waals surface area contributed by atoms with E-state index in [2.05, 4.69) is 15.2 Å². The molecule has 4 rings (SSSR count). The van der Waals surface area contributed by atoms with Crippen LogP contribution in [0.15, 0.2) is 35.2 Å². The summed E-state index contributed by atoms with van der Waals surface area (Å²) in [6.07, 6.45) is 2.04. The number of nitrogens with one attached hydrogen (secondary N) is 1. The van der Waals surface area contributed by atoms with Gasteiger partial charge in [0, 0.05) is 12.5 Å². The van der Waals surface area contributed by atoms with Gasteiger partial charge in [0.2, 0.25) is 0 Å². The van der Waals surface area contributed by atoms with Crippen LogP contribution in [0.4, 0.5) is 0 Å². The van der Waals surface area contributed by atoms with Gasteiger partial charge in [-0.1, -0.05) is 18.2 Å². The van der Waals surface area contributed by atoms with Crippen LogP contribution >= 0.6 is 0 Å². The van der Waals surface area contributed by atoms with Gasteiger partial charge in [-0.15, -0.1) is 0 Å². The normalized spacial score (nSPS) is 23.5. The number of aromatic nitrogens is 3. The Morgan fingerprint density at radius 3 is 2.64 bits per heavy atom. The molecule has 2 aromatic rings. The molecule has 1 saturated carbocycles. The molecular weight excluding hydrogens is 302 g/mol. The molecule has 1 atom stereocenters. The molecule has 0 spiro atoms. The highest BCUT2D eigenvalue weighted by atomic mass is 32.2. The molecule has 1 aliphatic carbocycles. The SMILES string of the molecule is O=S(=O)(c1ccccc1)C1(c2n[nH]c([C@@H]3CCOC3)n2)CC1. The van der Waals surface area contributed by atoms with Crippen LogP contribution in [0.25, 0.3) is 0 Å². The van der Waals surface area contributed by atoms with Gasteiger partial charge in [-0.05, 0) is 31.4 Å². The Morgan fingerprint density at radius 1 is 1.23 bits per heavy atom. The Kier molecular flexibility index (Phi) is 3.09.